The summed E-state index contributed by atoms with van der Waals surface area (Å²) in [5, 5.41) is 9.25. The highest BCUT2D eigenvalue weighted by Crippen LogP contribution is 2.40. The molecule has 0 unspecified atom stereocenters. The summed E-state index contributed by atoms with van der Waals surface area (Å²) in [7, 11) is 0. The number of nitriles is 1. The molecule has 2 nitrogen and oxygen atoms in total. The topological polar surface area (TPSA) is 39.6 Å². The van der Waals surface area contributed by atoms with Gasteiger partial charge in [0, 0.05) is 11.3 Å². The van der Waals surface area contributed by atoms with E-state index in [4.69, 9.17) is 12.2 Å². The number of hydrogen-bond donors (Lipinski definition) is 1. The number of aromatic amines is 1. The van der Waals surface area contributed by atoms with Crippen molar-refractivity contribution in [2.45, 2.75) is 18.8 Å². The van der Waals surface area contributed by atoms with Gasteiger partial charge in [0.2, 0.25) is 0 Å². The van der Waals surface area contributed by atoms with Crippen molar-refractivity contribution in [3.8, 4) is 17.2 Å². The van der Waals surface area contributed by atoms with E-state index in [1.807, 2.05) is 6.07 Å². The zero-order valence-corrected chi connectivity index (χ0v) is 10.9. The van der Waals surface area contributed by atoms with Crippen LogP contribution in [0.2, 0.25) is 0 Å². The molecule has 1 aliphatic carbocycles. The summed E-state index contributed by atoms with van der Waals surface area (Å²) < 4.78 is 13.5. The van der Waals surface area contributed by atoms with Crippen LogP contribution in [-0.2, 0) is 0 Å². The number of hydrogen-bond acceptors (Lipinski definition) is 2. The van der Waals surface area contributed by atoms with Crippen LogP contribution >= 0.6 is 12.2 Å². The van der Waals surface area contributed by atoms with Gasteiger partial charge in [0.1, 0.15) is 16.5 Å². The number of benzene rings is 1. The van der Waals surface area contributed by atoms with E-state index in [2.05, 4.69) is 11.1 Å². The molecule has 0 aliphatic heterocycles. The molecule has 2 aromatic rings. The summed E-state index contributed by atoms with van der Waals surface area (Å²) >= 11 is 5.25. The van der Waals surface area contributed by atoms with E-state index in [9.17, 15) is 9.65 Å². The van der Waals surface area contributed by atoms with Gasteiger partial charge in [0.15, 0.2) is 0 Å². The van der Waals surface area contributed by atoms with Crippen LogP contribution in [0.25, 0.3) is 11.1 Å². The van der Waals surface area contributed by atoms with Gasteiger partial charge >= 0.3 is 0 Å². The minimum atomic E-state index is -0.286. The van der Waals surface area contributed by atoms with E-state index in [1.165, 1.54) is 12.1 Å². The molecule has 0 spiro atoms. The lowest BCUT2D eigenvalue weighted by atomic mass is 10.0. The monoisotopic (exact) mass is 270 g/mol. The molecule has 1 N–H and O–H groups in total. The predicted octanol–water partition coefficient (Wildman–Crippen LogP) is 4.30. The second-order valence-corrected chi connectivity index (χ2v) is 5.14. The molecule has 0 bridgehead atoms. The first-order valence-electron chi connectivity index (χ1n) is 6.12. The third-order valence-corrected chi connectivity index (χ3v) is 3.64. The molecular formula is C15H11FN2S. The first-order valence-corrected chi connectivity index (χ1v) is 6.53. The van der Waals surface area contributed by atoms with Crippen LogP contribution in [0.5, 0.6) is 0 Å². The maximum Gasteiger partial charge on any atom is 0.123 e. The Bertz CT molecular complexity index is 721. The highest BCUT2D eigenvalue weighted by atomic mass is 32.1. The van der Waals surface area contributed by atoms with Crippen molar-refractivity contribution in [2.24, 2.45) is 0 Å². The summed E-state index contributed by atoms with van der Waals surface area (Å²) in [6.07, 6.45) is 2.31. The van der Waals surface area contributed by atoms with E-state index in [-0.39, 0.29) is 5.82 Å². The second kappa shape index (κ2) is 4.60. The van der Waals surface area contributed by atoms with Crippen molar-refractivity contribution in [3.63, 3.8) is 0 Å². The van der Waals surface area contributed by atoms with Gasteiger partial charge in [-0.3, -0.25) is 0 Å². The fourth-order valence-corrected chi connectivity index (χ4v) is 2.44. The summed E-state index contributed by atoms with van der Waals surface area (Å²) in [5.74, 6) is 0.236. The van der Waals surface area contributed by atoms with Crippen molar-refractivity contribution < 1.29 is 4.39 Å². The Labute approximate surface area is 115 Å². The molecule has 1 saturated carbocycles. The van der Waals surface area contributed by atoms with Crippen LogP contribution in [0, 0.1) is 21.8 Å². The maximum atomic E-state index is 13.0. The second-order valence-electron chi connectivity index (χ2n) is 4.74. The van der Waals surface area contributed by atoms with Gasteiger partial charge in [0.25, 0.3) is 0 Å². The number of nitrogens with zero attached hydrogens (tertiary/aromatic N) is 1. The number of rotatable bonds is 2. The van der Waals surface area contributed by atoms with E-state index in [0.29, 0.717) is 16.1 Å². The van der Waals surface area contributed by atoms with Gasteiger partial charge in [-0.1, -0.05) is 24.4 Å². The third kappa shape index (κ3) is 2.29. The largest absolute Gasteiger partial charge is 0.349 e. The highest BCUT2D eigenvalue weighted by molar-refractivity contribution is 7.71. The molecule has 0 amide bonds. The number of pyridine rings is 1. The van der Waals surface area contributed by atoms with Crippen LogP contribution in [0.3, 0.4) is 0 Å². The molecule has 1 heterocycles. The lowest BCUT2D eigenvalue weighted by Crippen LogP contribution is -1.94. The zero-order valence-electron chi connectivity index (χ0n) is 10.1. The van der Waals surface area contributed by atoms with Gasteiger partial charge in [0.05, 0.1) is 5.56 Å². The number of halogens is 1. The first-order chi connectivity index (χ1) is 9.19. The number of H-pyrrole nitrogens is 1. The van der Waals surface area contributed by atoms with Crippen molar-refractivity contribution in [1.29, 1.82) is 5.26 Å². The molecule has 0 radical (unpaired) electrons. The highest BCUT2D eigenvalue weighted by Gasteiger charge is 2.25. The van der Waals surface area contributed by atoms with Gasteiger partial charge < -0.3 is 4.98 Å². The third-order valence-electron chi connectivity index (χ3n) is 3.34. The first kappa shape index (κ1) is 12.1. The van der Waals surface area contributed by atoms with E-state index < -0.39 is 0 Å². The Morgan fingerprint density at radius 1 is 1.26 bits per heavy atom. The van der Waals surface area contributed by atoms with E-state index in [0.717, 1.165) is 29.7 Å². The van der Waals surface area contributed by atoms with Crippen molar-refractivity contribution in [2.75, 3.05) is 0 Å². The van der Waals surface area contributed by atoms with Crippen molar-refractivity contribution in [1.82, 2.24) is 4.98 Å². The Hall–Kier alpha value is -1.99. The molecule has 4 heteroatoms. The predicted molar refractivity (Wildman–Crippen MR) is 73.7 cm³/mol. The minimum Gasteiger partial charge on any atom is -0.349 e. The minimum absolute atomic E-state index is 0.286. The van der Waals surface area contributed by atoms with Crippen LogP contribution in [0.1, 0.15) is 30.0 Å². The molecular weight excluding hydrogens is 259 g/mol. The quantitative estimate of drug-likeness (QED) is 0.826. The zero-order chi connectivity index (χ0) is 13.4. The fraction of sp³-hybridized carbons (Fsp3) is 0.200. The van der Waals surface area contributed by atoms with Gasteiger partial charge in [-0.05, 0) is 42.5 Å². The smallest absolute Gasteiger partial charge is 0.123 e. The molecule has 0 saturated heterocycles. The number of aromatic nitrogens is 1. The van der Waals surface area contributed by atoms with Gasteiger partial charge in [-0.2, -0.15) is 5.26 Å². The SMILES string of the molecule is N#Cc1c(-c2ccc(F)cc2)cc(C2CC2)[nH]c1=S. The number of nitrogens with one attached hydrogen (secondary N) is 1. The van der Waals surface area contributed by atoms with E-state index >= 15 is 0 Å². The Morgan fingerprint density at radius 3 is 2.53 bits per heavy atom. The van der Waals surface area contributed by atoms with Crippen LogP contribution < -0.4 is 0 Å². The summed E-state index contributed by atoms with van der Waals surface area (Å²) in [6, 6.07) is 10.3. The van der Waals surface area contributed by atoms with Crippen LogP contribution in [0.4, 0.5) is 4.39 Å². The van der Waals surface area contributed by atoms with Crippen LogP contribution in [-0.4, -0.2) is 4.98 Å². The fourth-order valence-electron chi connectivity index (χ4n) is 2.16. The molecule has 19 heavy (non-hydrogen) atoms. The average Bonchev–Trinajstić information content (AvgIpc) is 3.23. The summed E-state index contributed by atoms with van der Waals surface area (Å²) in [6.45, 7) is 0. The lowest BCUT2D eigenvalue weighted by molar-refractivity contribution is 0.628. The van der Waals surface area contributed by atoms with Crippen molar-refractivity contribution >= 4 is 12.2 Å². The van der Waals surface area contributed by atoms with E-state index in [1.54, 1.807) is 12.1 Å². The normalized spacial score (nSPS) is 14.1. The Balaban J connectivity index is 2.20. The molecule has 94 valence electrons. The van der Waals surface area contributed by atoms with Crippen LogP contribution in [0.15, 0.2) is 30.3 Å². The average molecular weight is 270 g/mol. The Kier molecular flexibility index (Phi) is 2.92. The van der Waals surface area contributed by atoms with Gasteiger partial charge in [-0.15, -0.1) is 0 Å². The molecule has 1 fully saturated rings. The molecule has 0 atom stereocenters. The maximum absolute atomic E-state index is 13.0. The lowest BCUT2D eigenvalue weighted by Gasteiger charge is -2.08. The molecule has 1 aliphatic rings. The summed E-state index contributed by atoms with van der Waals surface area (Å²) in [4.78, 5) is 3.13. The molecule has 3 rings (SSSR count). The molecule has 1 aromatic carbocycles. The Morgan fingerprint density at radius 2 is 1.95 bits per heavy atom. The van der Waals surface area contributed by atoms with Gasteiger partial charge in [-0.25, -0.2) is 4.39 Å². The van der Waals surface area contributed by atoms with Crippen molar-refractivity contribution in [3.05, 3.63) is 52.0 Å². The summed E-state index contributed by atoms with van der Waals surface area (Å²) in [5.41, 5.74) is 3.13. The molecule has 1 aromatic heterocycles. The standard InChI is InChI=1S/C15H11FN2S/c16-11-5-3-9(4-6-11)12-7-14(10-1-2-10)18-15(19)13(12)8-17/h3-7,10H,1-2H2,(H,18,19).